The number of fused-ring (bicyclic) bond motifs is 3. The monoisotopic (exact) mass is 458 g/mol. The van der Waals surface area contributed by atoms with Crippen LogP contribution in [0.15, 0.2) is 84.9 Å². The van der Waals surface area contributed by atoms with Crippen LogP contribution in [0.1, 0.15) is 70.2 Å². The second kappa shape index (κ2) is 11.1. The number of hydrogen-bond donors (Lipinski definition) is 0. The van der Waals surface area contributed by atoms with Crippen LogP contribution < -0.4 is 0 Å². The first-order chi connectivity index (χ1) is 17.2. The van der Waals surface area contributed by atoms with Crippen molar-refractivity contribution in [1.29, 1.82) is 0 Å². The molecule has 0 bridgehead atoms. The predicted octanol–water partition coefficient (Wildman–Crippen LogP) is 9.01. The standard InChI is InChI=1S/C35H38/c1-26-21-32-23-33-22-27(2)31(20-12-10-18-29-15-7-4-8-16-29)25-35(33)34(32)24-30(26)19-11-9-17-28-13-5-3-6-14-28/h3-8,13-16,21-22,24-25H,9-12,17-20,23H2,1-2H3. The summed E-state index contributed by atoms with van der Waals surface area (Å²) in [6.07, 6.45) is 10.8. The van der Waals surface area contributed by atoms with Gasteiger partial charge in [-0.25, -0.2) is 0 Å². The van der Waals surface area contributed by atoms with Crippen LogP contribution in [0.3, 0.4) is 0 Å². The molecule has 0 unspecified atom stereocenters. The fraction of sp³-hybridized carbons (Fsp3) is 0.314. The molecule has 0 saturated heterocycles. The summed E-state index contributed by atoms with van der Waals surface area (Å²) in [6.45, 7) is 4.61. The molecular weight excluding hydrogens is 420 g/mol. The molecule has 178 valence electrons. The number of hydrogen-bond acceptors (Lipinski definition) is 0. The summed E-state index contributed by atoms with van der Waals surface area (Å²) in [4.78, 5) is 0. The summed E-state index contributed by atoms with van der Waals surface area (Å²) >= 11 is 0. The van der Waals surface area contributed by atoms with Gasteiger partial charge in [-0.3, -0.25) is 0 Å². The number of benzene rings is 4. The first-order valence-electron chi connectivity index (χ1n) is 13.5. The van der Waals surface area contributed by atoms with Gasteiger partial charge >= 0.3 is 0 Å². The molecule has 0 aliphatic heterocycles. The number of unbranched alkanes of at least 4 members (excludes halogenated alkanes) is 2. The van der Waals surface area contributed by atoms with Gasteiger partial charge < -0.3 is 0 Å². The van der Waals surface area contributed by atoms with Crippen LogP contribution in [0, 0.1) is 13.8 Å². The molecule has 35 heavy (non-hydrogen) atoms. The van der Waals surface area contributed by atoms with E-state index in [0.29, 0.717) is 0 Å². The van der Waals surface area contributed by atoms with Gasteiger partial charge in [0.2, 0.25) is 0 Å². The van der Waals surface area contributed by atoms with Gasteiger partial charge in [-0.2, -0.15) is 0 Å². The predicted molar refractivity (Wildman–Crippen MR) is 150 cm³/mol. The highest BCUT2D eigenvalue weighted by Gasteiger charge is 2.21. The Morgan fingerprint density at radius 3 is 1.31 bits per heavy atom. The Morgan fingerprint density at radius 1 is 0.486 bits per heavy atom. The second-order valence-electron chi connectivity index (χ2n) is 10.4. The maximum atomic E-state index is 2.52. The minimum Gasteiger partial charge on any atom is -0.0622 e. The van der Waals surface area contributed by atoms with Crippen LogP contribution in [-0.2, 0) is 32.1 Å². The molecule has 0 aromatic heterocycles. The molecule has 0 N–H and O–H groups in total. The van der Waals surface area contributed by atoms with E-state index in [0.717, 1.165) is 6.42 Å². The fourth-order valence-corrected chi connectivity index (χ4v) is 5.74. The Bertz CT molecular complexity index is 1160. The third-order valence-corrected chi connectivity index (χ3v) is 7.80. The van der Waals surface area contributed by atoms with E-state index in [1.54, 1.807) is 0 Å². The fourth-order valence-electron chi connectivity index (χ4n) is 5.74. The zero-order chi connectivity index (χ0) is 24.0. The SMILES string of the molecule is Cc1cc2c(cc1CCCCc1ccccc1)-c1cc(CCCCc3ccccc3)c(C)cc1C2. The van der Waals surface area contributed by atoms with Crippen LogP contribution in [0.4, 0.5) is 0 Å². The summed E-state index contributed by atoms with van der Waals surface area (Å²) in [6, 6.07) is 31.8. The quantitative estimate of drug-likeness (QED) is 0.183. The molecule has 0 nitrogen and oxygen atoms in total. The van der Waals surface area contributed by atoms with E-state index < -0.39 is 0 Å². The third kappa shape index (κ3) is 5.76. The molecule has 0 radical (unpaired) electrons. The maximum Gasteiger partial charge on any atom is -0.00132 e. The minimum absolute atomic E-state index is 1.09. The molecule has 0 spiro atoms. The molecular formula is C35H38. The van der Waals surface area contributed by atoms with Crippen LogP contribution >= 0.6 is 0 Å². The lowest BCUT2D eigenvalue weighted by atomic mass is 9.93. The third-order valence-electron chi connectivity index (χ3n) is 7.80. The van der Waals surface area contributed by atoms with Crippen molar-refractivity contribution in [2.45, 2.75) is 71.6 Å². The van der Waals surface area contributed by atoms with Crippen molar-refractivity contribution in [3.8, 4) is 11.1 Å². The Kier molecular flexibility index (Phi) is 7.48. The highest BCUT2D eigenvalue weighted by atomic mass is 14.3. The van der Waals surface area contributed by atoms with Gasteiger partial charge in [-0.05, 0) is 127 Å². The molecule has 0 amide bonds. The van der Waals surface area contributed by atoms with Crippen molar-refractivity contribution < 1.29 is 0 Å². The van der Waals surface area contributed by atoms with E-state index in [9.17, 15) is 0 Å². The normalized spacial score (nSPS) is 11.9. The van der Waals surface area contributed by atoms with Crippen LogP contribution in [0.25, 0.3) is 11.1 Å². The molecule has 0 fully saturated rings. The van der Waals surface area contributed by atoms with E-state index in [4.69, 9.17) is 0 Å². The van der Waals surface area contributed by atoms with Gasteiger partial charge in [0.1, 0.15) is 0 Å². The van der Waals surface area contributed by atoms with Gasteiger partial charge in [0.15, 0.2) is 0 Å². The molecule has 0 saturated carbocycles. The Hall–Kier alpha value is -3.12. The van der Waals surface area contributed by atoms with E-state index in [-0.39, 0.29) is 0 Å². The molecule has 1 aliphatic rings. The van der Waals surface area contributed by atoms with Crippen molar-refractivity contribution in [2.75, 3.05) is 0 Å². The number of rotatable bonds is 10. The van der Waals surface area contributed by atoms with Gasteiger partial charge in [-0.1, -0.05) is 84.9 Å². The van der Waals surface area contributed by atoms with Crippen molar-refractivity contribution in [2.24, 2.45) is 0 Å². The molecule has 0 heteroatoms. The zero-order valence-electron chi connectivity index (χ0n) is 21.4. The Labute approximate surface area is 212 Å². The van der Waals surface area contributed by atoms with E-state index in [1.165, 1.54) is 107 Å². The van der Waals surface area contributed by atoms with Crippen LogP contribution in [0.5, 0.6) is 0 Å². The van der Waals surface area contributed by atoms with Gasteiger partial charge in [-0.15, -0.1) is 0 Å². The van der Waals surface area contributed by atoms with E-state index in [1.807, 2.05) is 0 Å². The molecule has 4 aromatic carbocycles. The topological polar surface area (TPSA) is 0 Å². The van der Waals surface area contributed by atoms with Gasteiger partial charge in [0, 0.05) is 0 Å². The first kappa shape index (κ1) is 23.6. The smallest absolute Gasteiger partial charge is 0.00132 e. The van der Waals surface area contributed by atoms with E-state index in [2.05, 4.69) is 98.8 Å². The molecule has 5 rings (SSSR count). The average molecular weight is 459 g/mol. The molecule has 4 aromatic rings. The lowest BCUT2D eigenvalue weighted by molar-refractivity contribution is 0.732. The van der Waals surface area contributed by atoms with E-state index >= 15 is 0 Å². The molecule has 0 atom stereocenters. The van der Waals surface area contributed by atoms with Crippen molar-refractivity contribution in [1.82, 2.24) is 0 Å². The molecule has 0 heterocycles. The number of aryl methyl sites for hydroxylation is 6. The Morgan fingerprint density at radius 2 is 0.886 bits per heavy atom. The van der Waals surface area contributed by atoms with Crippen LogP contribution in [0.2, 0.25) is 0 Å². The average Bonchev–Trinajstić information content (AvgIpc) is 3.21. The van der Waals surface area contributed by atoms with Crippen molar-refractivity contribution in [3.63, 3.8) is 0 Å². The summed E-state index contributed by atoms with van der Waals surface area (Å²) in [5, 5.41) is 0. The minimum atomic E-state index is 1.09. The lowest BCUT2D eigenvalue weighted by Gasteiger charge is -2.12. The maximum absolute atomic E-state index is 2.52. The largest absolute Gasteiger partial charge is 0.0622 e. The Balaban J connectivity index is 1.24. The summed E-state index contributed by atoms with van der Waals surface area (Å²) in [5.41, 5.74) is 14.9. The summed E-state index contributed by atoms with van der Waals surface area (Å²) in [5.74, 6) is 0. The van der Waals surface area contributed by atoms with Crippen molar-refractivity contribution in [3.05, 3.63) is 129 Å². The van der Waals surface area contributed by atoms with Crippen molar-refractivity contribution >= 4 is 0 Å². The van der Waals surface area contributed by atoms with Gasteiger partial charge in [0.05, 0.1) is 0 Å². The second-order valence-corrected chi connectivity index (χ2v) is 10.4. The molecule has 1 aliphatic carbocycles. The first-order valence-corrected chi connectivity index (χ1v) is 13.5. The zero-order valence-corrected chi connectivity index (χ0v) is 21.4. The highest BCUT2D eigenvalue weighted by molar-refractivity contribution is 5.79. The summed E-state index contributed by atoms with van der Waals surface area (Å²) < 4.78 is 0. The van der Waals surface area contributed by atoms with Crippen LogP contribution in [-0.4, -0.2) is 0 Å². The summed E-state index contributed by atoms with van der Waals surface area (Å²) in [7, 11) is 0. The van der Waals surface area contributed by atoms with Gasteiger partial charge in [0.25, 0.3) is 0 Å². The lowest BCUT2D eigenvalue weighted by Crippen LogP contribution is -1.95. The highest BCUT2D eigenvalue weighted by Crippen LogP contribution is 2.40.